The van der Waals surface area contributed by atoms with Gasteiger partial charge in [0, 0.05) is 19.0 Å². The average molecular weight is 274 g/mol. The Balaban J connectivity index is 4.60. The summed E-state index contributed by atoms with van der Waals surface area (Å²) in [6.07, 6.45) is 0.329. The Morgan fingerprint density at radius 1 is 1.21 bits per heavy atom. The van der Waals surface area contributed by atoms with Crippen LogP contribution >= 0.6 is 0 Å². The molecular formula is C12H22N2O5. The summed E-state index contributed by atoms with van der Waals surface area (Å²) in [6.45, 7) is 6.07. The maximum absolute atomic E-state index is 11.9. The van der Waals surface area contributed by atoms with Crippen LogP contribution in [0.4, 0.5) is 4.79 Å². The molecule has 0 bridgehead atoms. The molecule has 0 fully saturated rings. The van der Waals surface area contributed by atoms with E-state index < -0.39 is 24.0 Å². The van der Waals surface area contributed by atoms with Crippen molar-refractivity contribution >= 4 is 18.0 Å². The van der Waals surface area contributed by atoms with Crippen molar-refractivity contribution in [3.05, 3.63) is 0 Å². The molecule has 0 rings (SSSR count). The van der Waals surface area contributed by atoms with Gasteiger partial charge in [0.2, 0.25) is 0 Å². The van der Waals surface area contributed by atoms with Crippen LogP contribution in [0.1, 0.15) is 40.0 Å². The number of nitrogens with one attached hydrogen (secondary N) is 1. The van der Waals surface area contributed by atoms with Crippen molar-refractivity contribution < 1.29 is 24.6 Å². The Kier molecular flexibility index (Phi) is 7.55. The summed E-state index contributed by atoms with van der Waals surface area (Å²) in [6, 6.07) is -1.66. The summed E-state index contributed by atoms with van der Waals surface area (Å²) < 4.78 is 0. The quantitative estimate of drug-likeness (QED) is 0.615. The SMILES string of the molecule is CCC(C)N(CC)C(=O)N[C@@H](CCC(=O)O)C(=O)O. The fourth-order valence-corrected chi connectivity index (χ4v) is 1.63. The predicted molar refractivity (Wildman–Crippen MR) is 69.0 cm³/mol. The standard InChI is InChI=1S/C12H22N2O5/c1-4-8(3)14(5-2)12(19)13-9(11(17)18)6-7-10(15)16/h8-9H,4-7H2,1-3H3,(H,13,19)(H,15,16)(H,17,18)/t8?,9-/m0/s1. The van der Waals surface area contributed by atoms with Crippen LogP contribution < -0.4 is 5.32 Å². The van der Waals surface area contributed by atoms with Crippen molar-refractivity contribution in [2.24, 2.45) is 0 Å². The summed E-state index contributed by atoms with van der Waals surface area (Å²) in [5.41, 5.74) is 0. The van der Waals surface area contributed by atoms with E-state index in [-0.39, 0.29) is 18.9 Å². The zero-order chi connectivity index (χ0) is 15.0. The van der Waals surface area contributed by atoms with Crippen molar-refractivity contribution in [3.63, 3.8) is 0 Å². The second-order valence-corrected chi connectivity index (χ2v) is 4.32. The minimum absolute atomic E-state index is 0.00100. The van der Waals surface area contributed by atoms with Gasteiger partial charge in [0.05, 0.1) is 0 Å². The van der Waals surface area contributed by atoms with Gasteiger partial charge in [-0.2, -0.15) is 0 Å². The third-order valence-electron chi connectivity index (χ3n) is 2.97. The third kappa shape index (κ3) is 6.08. The van der Waals surface area contributed by atoms with Crippen LogP contribution in [0.5, 0.6) is 0 Å². The van der Waals surface area contributed by atoms with Crippen LogP contribution in [0.15, 0.2) is 0 Å². The van der Waals surface area contributed by atoms with Crippen molar-refractivity contribution in [1.29, 1.82) is 0 Å². The topological polar surface area (TPSA) is 107 Å². The van der Waals surface area contributed by atoms with E-state index in [4.69, 9.17) is 10.2 Å². The van der Waals surface area contributed by atoms with Crippen molar-refractivity contribution in [1.82, 2.24) is 10.2 Å². The molecule has 7 heteroatoms. The van der Waals surface area contributed by atoms with Crippen molar-refractivity contribution in [2.45, 2.75) is 52.1 Å². The van der Waals surface area contributed by atoms with Crippen molar-refractivity contribution in [3.8, 4) is 0 Å². The molecule has 1 unspecified atom stereocenters. The predicted octanol–water partition coefficient (Wildman–Crippen LogP) is 1.13. The number of urea groups is 1. The van der Waals surface area contributed by atoms with E-state index in [0.717, 1.165) is 6.42 Å². The highest BCUT2D eigenvalue weighted by Gasteiger charge is 2.24. The number of amides is 2. The molecule has 0 aromatic carbocycles. The molecule has 7 nitrogen and oxygen atoms in total. The summed E-state index contributed by atoms with van der Waals surface area (Å²) >= 11 is 0. The first kappa shape index (κ1) is 17.2. The molecule has 0 aromatic heterocycles. The van der Waals surface area contributed by atoms with Gasteiger partial charge in [-0.05, 0) is 26.7 Å². The second-order valence-electron chi connectivity index (χ2n) is 4.32. The lowest BCUT2D eigenvalue weighted by molar-refractivity contribution is -0.140. The molecule has 2 atom stereocenters. The number of nitrogens with zero attached hydrogens (tertiary/aromatic N) is 1. The third-order valence-corrected chi connectivity index (χ3v) is 2.97. The number of carboxylic acids is 2. The number of carboxylic acid groups (broad SMARTS) is 2. The molecule has 110 valence electrons. The van der Waals surface area contributed by atoms with Gasteiger partial charge in [0.1, 0.15) is 6.04 Å². The zero-order valence-corrected chi connectivity index (χ0v) is 11.5. The first-order valence-electron chi connectivity index (χ1n) is 6.35. The molecule has 0 saturated heterocycles. The summed E-state index contributed by atoms with van der Waals surface area (Å²) in [7, 11) is 0. The number of carbonyl (C=O) groups excluding carboxylic acids is 1. The molecular weight excluding hydrogens is 252 g/mol. The van der Waals surface area contributed by atoms with Gasteiger partial charge in [-0.1, -0.05) is 6.92 Å². The van der Waals surface area contributed by atoms with E-state index in [1.807, 2.05) is 13.8 Å². The normalized spacial score (nSPS) is 13.4. The van der Waals surface area contributed by atoms with E-state index in [1.54, 1.807) is 6.92 Å². The highest BCUT2D eigenvalue weighted by molar-refractivity contribution is 5.83. The molecule has 2 amide bonds. The second kappa shape index (κ2) is 8.34. The molecule has 0 heterocycles. The highest BCUT2D eigenvalue weighted by atomic mass is 16.4. The van der Waals surface area contributed by atoms with E-state index in [9.17, 15) is 14.4 Å². The smallest absolute Gasteiger partial charge is 0.326 e. The first-order valence-corrected chi connectivity index (χ1v) is 6.35. The fourth-order valence-electron chi connectivity index (χ4n) is 1.63. The Labute approximate surface area is 112 Å². The van der Waals surface area contributed by atoms with Gasteiger partial charge in [-0.15, -0.1) is 0 Å². The Morgan fingerprint density at radius 3 is 2.16 bits per heavy atom. The molecule has 0 aliphatic rings. The van der Waals surface area contributed by atoms with Crippen LogP contribution in [0.25, 0.3) is 0 Å². The number of hydrogen-bond acceptors (Lipinski definition) is 3. The van der Waals surface area contributed by atoms with E-state index in [1.165, 1.54) is 4.90 Å². The molecule has 19 heavy (non-hydrogen) atoms. The van der Waals surface area contributed by atoms with Crippen LogP contribution in [-0.4, -0.2) is 51.7 Å². The monoisotopic (exact) mass is 274 g/mol. The van der Waals surface area contributed by atoms with Crippen LogP contribution in [0.2, 0.25) is 0 Å². The van der Waals surface area contributed by atoms with Gasteiger partial charge in [-0.3, -0.25) is 4.79 Å². The van der Waals surface area contributed by atoms with Gasteiger partial charge in [-0.25, -0.2) is 9.59 Å². The first-order chi connectivity index (χ1) is 8.83. The molecule has 0 radical (unpaired) electrons. The van der Waals surface area contributed by atoms with Crippen LogP contribution in [0.3, 0.4) is 0 Å². The van der Waals surface area contributed by atoms with E-state index in [2.05, 4.69) is 5.32 Å². The highest BCUT2D eigenvalue weighted by Crippen LogP contribution is 2.05. The molecule has 0 aliphatic heterocycles. The summed E-state index contributed by atoms with van der Waals surface area (Å²) in [5, 5.41) is 19.9. The molecule has 3 N–H and O–H groups in total. The lowest BCUT2D eigenvalue weighted by atomic mass is 10.1. The Morgan fingerprint density at radius 2 is 1.79 bits per heavy atom. The molecule has 0 spiro atoms. The molecule has 0 aliphatic carbocycles. The maximum Gasteiger partial charge on any atom is 0.326 e. The van der Waals surface area contributed by atoms with Crippen LogP contribution in [-0.2, 0) is 9.59 Å². The Hall–Kier alpha value is -1.79. The van der Waals surface area contributed by atoms with Crippen molar-refractivity contribution in [2.75, 3.05) is 6.54 Å². The van der Waals surface area contributed by atoms with Crippen LogP contribution in [0, 0.1) is 0 Å². The number of hydrogen-bond donors (Lipinski definition) is 3. The zero-order valence-electron chi connectivity index (χ0n) is 11.5. The maximum atomic E-state index is 11.9. The number of carbonyl (C=O) groups is 3. The lowest BCUT2D eigenvalue weighted by Gasteiger charge is -2.28. The summed E-state index contributed by atoms with van der Waals surface area (Å²) in [5.74, 6) is -2.32. The molecule has 0 aromatic rings. The van der Waals surface area contributed by atoms with Gasteiger partial charge < -0.3 is 20.4 Å². The van der Waals surface area contributed by atoms with E-state index >= 15 is 0 Å². The Bertz CT molecular complexity index is 332. The van der Waals surface area contributed by atoms with Gasteiger partial charge >= 0.3 is 18.0 Å². The fraction of sp³-hybridized carbons (Fsp3) is 0.750. The number of aliphatic carboxylic acids is 2. The minimum atomic E-state index is -1.23. The van der Waals surface area contributed by atoms with Gasteiger partial charge in [0.25, 0.3) is 0 Å². The lowest BCUT2D eigenvalue weighted by Crippen LogP contribution is -2.50. The van der Waals surface area contributed by atoms with Gasteiger partial charge in [0.15, 0.2) is 0 Å². The minimum Gasteiger partial charge on any atom is -0.481 e. The average Bonchev–Trinajstić information content (AvgIpc) is 2.34. The van der Waals surface area contributed by atoms with E-state index in [0.29, 0.717) is 6.54 Å². The number of rotatable bonds is 8. The summed E-state index contributed by atoms with van der Waals surface area (Å²) in [4.78, 5) is 34.9. The largest absolute Gasteiger partial charge is 0.481 e. The molecule has 0 saturated carbocycles.